The molecule has 2 heterocycles. The molecule has 0 spiro atoms. The highest BCUT2D eigenvalue weighted by Crippen LogP contribution is 2.34. The van der Waals surface area contributed by atoms with Crippen LogP contribution < -0.4 is 10.6 Å². The molecule has 10 heteroatoms. The van der Waals surface area contributed by atoms with Crippen LogP contribution in [0.2, 0.25) is 0 Å². The first-order chi connectivity index (χ1) is 15.4. The zero-order valence-electron chi connectivity index (χ0n) is 20.4. The van der Waals surface area contributed by atoms with Crippen molar-refractivity contribution in [2.24, 2.45) is 23.2 Å². The number of imide groups is 1. The minimum absolute atomic E-state index is 0.0144. The summed E-state index contributed by atoms with van der Waals surface area (Å²) in [5.41, 5.74) is -0.884. The molecule has 2 aliphatic heterocycles. The van der Waals surface area contributed by atoms with Crippen molar-refractivity contribution in [2.75, 3.05) is 27.4 Å². The number of carbonyl (C=O) groups excluding carboxylic acids is 5. The number of hydrogen-bond donors (Lipinski definition) is 2. The predicted molar refractivity (Wildman–Crippen MR) is 119 cm³/mol. The van der Waals surface area contributed by atoms with Gasteiger partial charge in [-0.05, 0) is 25.2 Å². The van der Waals surface area contributed by atoms with Gasteiger partial charge in [0.25, 0.3) is 0 Å². The van der Waals surface area contributed by atoms with Gasteiger partial charge < -0.3 is 20.1 Å². The first-order valence-electron chi connectivity index (χ1n) is 11.4. The predicted octanol–water partition coefficient (Wildman–Crippen LogP) is 0.633. The number of methoxy groups -OCH3 is 2. The molecule has 4 amide bonds. The van der Waals surface area contributed by atoms with Crippen LogP contribution in [0.15, 0.2) is 0 Å². The van der Waals surface area contributed by atoms with Crippen molar-refractivity contribution in [2.45, 2.75) is 65.5 Å². The number of nitrogens with zero attached hydrogens (tertiary/aromatic N) is 1. The number of likely N-dealkylation sites (tertiary alicyclic amines) is 1. The van der Waals surface area contributed by atoms with Crippen molar-refractivity contribution in [1.29, 1.82) is 0 Å². The molecule has 186 valence electrons. The third-order valence-electron chi connectivity index (χ3n) is 6.25. The Morgan fingerprint density at radius 3 is 2.39 bits per heavy atom. The molecule has 1 unspecified atom stereocenters. The number of piperidine rings is 1. The lowest BCUT2D eigenvalue weighted by atomic mass is 9.85. The fourth-order valence-corrected chi connectivity index (χ4v) is 4.53. The van der Waals surface area contributed by atoms with Crippen LogP contribution in [0.1, 0.15) is 53.4 Å². The van der Waals surface area contributed by atoms with Gasteiger partial charge >= 0.3 is 5.97 Å². The second-order valence-corrected chi connectivity index (χ2v) is 10.1. The Kier molecular flexibility index (Phi) is 8.99. The topological polar surface area (TPSA) is 131 Å². The molecule has 2 saturated heterocycles. The van der Waals surface area contributed by atoms with Crippen molar-refractivity contribution in [3.05, 3.63) is 0 Å². The Morgan fingerprint density at radius 1 is 1.21 bits per heavy atom. The lowest BCUT2D eigenvalue weighted by molar-refractivity contribution is -0.151. The van der Waals surface area contributed by atoms with Gasteiger partial charge in [0.2, 0.25) is 23.6 Å². The van der Waals surface area contributed by atoms with Gasteiger partial charge in [-0.15, -0.1) is 0 Å². The van der Waals surface area contributed by atoms with E-state index in [-0.39, 0.29) is 37.0 Å². The zero-order chi connectivity index (χ0) is 24.9. The SMILES string of the molecule is COCC1CNC(=O)[C@H](C[C@H](NC(=O)[C@H](CC(C)C)N2C(=O)CC(C)(C)C2=O)C(=O)OC)C1. The van der Waals surface area contributed by atoms with Crippen LogP contribution in [-0.2, 0) is 33.4 Å². The second kappa shape index (κ2) is 11.1. The van der Waals surface area contributed by atoms with Crippen LogP contribution in [0.4, 0.5) is 0 Å². The summed E-state index contributed by atoms with van der Waals surface area (Å²) in [5.74, 6) is -2.71. The van der Waals surface area contributed by atoms with E-state index < -0.39 is 47.1 Å². The number of nitrogens with one attached hydrogen (secondary N) is 2. The van der Waals surface area contributed by atoms with E-state index in [1.807, 2.05) is 13.8 Å². The van der Waals surface area contributed by atoms with Gasteiger partial charge in [0, 0.05) is 31.9 Å². The molecule has 0 aliphatic carbocycles. The zero-order valence-corrected chi connectivity index (χ0v) is 20.4. The molecule has 0 aromatic carbocycles. The lowest BCUT2D eigenvalue weighted by Gasteiger charge is -2.32. The summed E-state index contributed by atoms with van der Waals surface area (Å²) in [4.78, 5) is 64.7. The third-order valence-corrected chi connectivity index (χ3v) is 6.25. The summed E-state index contributed by atoms with van der Waals surface area (Å²) in [5, 5.41) is 5.48. The number of carbonyl (C=O) groups is 5. The maximum absolute atomic E-state index is 13.3. The highest BCUT2D eigenvalue weighted by molar-refractivity contribution is 6.08. The first kappa shape index (κ1) is 26.8. The monoisotopic (exact) mass is 467 g/mol. The highest BCUT2D eigenvalue weighted by atomic mass is 16.5. The van der Waals surface area contributed by atoms with Gasteiger partial charge in [0.1, 0.15) is 12.1 Å². The van der Waals surface area contributed by atoms with Crippen molar-refractivity contribution < 1.29 is 33.4 Å². The molecular weight excluding hydrogens is 430 g/mol. The third kappa shape index (κ3) is 6.52. The van der Waals surface area contributed by atoms with Gasteiger partial charge in [0.05, 0.1) is 19.1 Å². The average molecular weight is 468 g/mol. The number of rotatable bonds is 10. The maximum atomic E-state index is 13.3. The van der Waals surface area contributed by atoms with Crippen molar-refractivity contribution in [1.82, 2.24) is 15.5 Å². The highest BCUT2D eigenvalue weighted by Gasteiger charge is 2.49. The second-order valence-electron chi connectivity index (χ2n) is 10.1. The standard InChI is InChI=1S/C23H37N3O7/c1-13(2)7-17(26-18(27)10-23(3,4)22(26)31)20(29)25-16(21(30)33-6)9-15-8-14(12-32-5)11-24-19(15)28/h13-17H,7-12H2,1-6H3,(H,24,28)(H,25,29)/t14?,15-,16-,17-/m0/s1. The van der Waals surface area contributed by atoms with Crippen LogP contribution in [0.5, 0.6) is 0 Å². The van der Waals surface area contributed by atoms with E-state index in [1.54, 1.807) is 21.0 Å². The van der Waals surface area contributed by atoms with Gasteiger partial charge in [0.15, 0.2) is 0 Å². The molecule has 2 rings (SSSR count). The molecule has 2 fully saturated rings. The van der Waals surface area contributed by atoms with Crippen LogP contribution in [0, 0.1) is 23.2 Å². The molecule has 4 atom stereocenters. The summed E-state index contributed by atoms with van der Waals surface area (Å²) in [6.45, 7) is 8.08. The normalized spacial score (nSPS) is 24.5. The van der Waals surface area contributed by atoms with Crippen LogP contribution in [0.3, 0.4) is 0 Å². The van der Waals surface area contributed by atoms with Gasteiger partial charge in [-0.2, -0.15) is 0 Å². The van der Waals surface area contributed by atoms with E-state index in [2.05, 4.69) is 10.6 Å². The minimum atomic E-state index is -1.09. The van der Waals surface area contributed by atoms with Crippen LogP contribution in [-0.4, -0.2) is 74.0 Å². The summed E-state index contributed by atoms with van der Waals surface area (Å²) < 4.78 is 10.1. The number of amides is 4. The van der Waals surface area contributed by atoms with Gasteiger partial charge in [-0.3, -0.25) is 24.1 Å². The number of ether oxygens (including phenoxy) is 2. The molecule has 2 aliphatic rings. The summed E-state index contributed by atoms with van der Waals surface area (Å²) in [6, 6.07) is -2.13. The Bertz CT molecular complexity index is 780. The van der Waals surface area contributed by atoms with Gasteiger partial charge in [-0.1, -0.05) is 27.7 Å². The van der Waals surface area contributed by atoms with E-state index >= 15 is 0 Å². The Labute approximate surface area is 195 Å². The Morgan fingerprint density at radius 2 is 1.88 bits per heavy atom. The van der Waals surface area contributed by atoms with Crippen LogP contribution >= 0.6 is 0 Å². The molecule has 0 aromatic rings. The number of hydrogen-bond acceptors (Lipinski definition) is 7. The molecule has 2 N–H and O–H groups in total. The minimum Gasteiger partial charge on any atom is -0.467 e. The molecular formula is C23H37N3O7. The van der Waals surface area contributed by atoms with E-state index in [9.17, 15) is 24.0 Å². The van der Waals surface area contributed by atoms with Crippen molar-refractivity contribution in [3.63, 3.8) is 0 Å². The molecule has 0 aromatic heterocycles. The smallest absolute Gasteiger partial charge is 0.328 e. The lowest BCUT2D eigenvalue weighted by Crippen LogP contribution is -2.55. The maximum Gasteiger partial charge on any atom is 0.328 e. The molecule has 0 radical (unpaired) electrons. The molecule has 33 heavy (non-hydrogen) atoms. The van der Waals surface area contributed by atoms with E-state index in [0.717, 1.165) is 4.90 Å². The number of esters is 1. The van der Waals surface area contributed by atoms with Gasteiger partial charge in [-0.25, -0.2) is 4.79 Å². The summed E-state index contributed by atoms with van der Waals surface area (Å²) in [6.07, 6.45) is 0.840. The summed E-state index contributed by atoms with van der Waals surface area (Å²) in [7, 11) is 2.79. The van der Waals surface area contributed by atoms with E-state index in [4.69, 9.17) is 9.47 Å². The van der Waals surface area contributed by atoms with E-state index in [1.165, 1.54) is 7.11 Å². The Hall–Kier alpha value is -2.49. The van der Waals surface area contributed by atoms with Crippen LogP contribution in [0.25, 0.3) is 0 Å². The molecule has 10 nitrogen and oxygen atoms in total. The summed E-state index contributed by atoms with van der Waals surface area (Å²) >= 11 is 0. The van der Waals surface area contributed by atoms with Crippen molar-refractivity contribution >= 4 is 29.6 Å². The first-order valence-corrected chi connectivity index (χ1v) is 11.4. The molecule has 0 saturated carbocycles. The fraction of sp³-hybridized carbons (Fsp3) is 0.783. The fourth-order valence-electron chi connectivity index (χ4n) is 4.53. The Balaban J connectivity index is 2.22. The van der Waals surface area contributed by atoms with E-state index in [0.29, 0.717) is 19.6 Å². The average Bonchev–Trinajstić information content (AvgIpc) is 2.94. The quantitative estimate of drug-likeness (QED) is 0.356. The van der Waals surface area contributed by atoms with Crippen molar-refractivity contribution in [3.8, 4) is 0 Å². The molecule has 0 bridgehead atoms. The largest absolute Gasteiger partial charge is 0.467 e.